The Morgan fingerprint density at radius 3 is 2.00 bits per heavy atom. The van der Waals surface area contributed by atoms with Gasteiger partial charge in [-0.3, -0.25) is 9.97 Å². The van der Waals surface area contributed by atoms with Crippen LogP contribution in [0.2, 0.25) is 19.6 Å². The van der Waals surface area contributed by atoms with Crippen molar-refractivity contribution in [3.05, 3.63) is 162 Å². The van der Waals surface area contributed by atoms with Crippen LogP contribution in [0.15, 0.2) is 132 Å². The molecule has 7 heteroatoms. The molecule has 0 saturated carbocycles. The van der Waals surface area contributed by atoms with E-state index in [1.807, 2.05) is 42.6 Å². The maximum atomic E-state index is 6.53. The van der Waals surface area contributed by atoms with Crippen molar-refractivity contribution in [1.29, 1.82) is 0 Å². The first kappa shape index (κ1) is 44.6. The number of aromatic nitrogens is 4. The second-order valence-corrected chi connectivity index (χ2v) is 23.9. The van der Waals surface area contributed by atoms with Crippen molar-refractivity contribution < 1.29 is 24.5 Å². The zero-order valence-electron chi connectivity index (χ0n) is 37.8. The number of nitrogens with zero attached hydrogens (tertiary/aromatic N) is 4. The maximum Gasteiger partial charge on any atom is 0.120 e. The molecule has 317 valence electrons. The molecule has 0 aliphatic rings. The number of pyridine rings is 2. The Kier molecular flexibility index (Phi) is 12.7. The van der Waals surface area contributed by atoms with Gasteiger partial charge in [-0.25, -0.2) is 0 Å². The van der Waals surface area contributed by atoms with Gasteiger partial charge in [0.2, 0.25) is 0 Å². The van der Waals surface area contributed by atoms with Crippen LogP contribution in [-0.2, 0) is 25.5 Å². The van der Waals surface area contributed by atoms with E-state index < -0.39 is 8.07 Å². The fourth-order valence-electron chi connectivity index (χ4n) is 8.30. The molecule has 0 atom stereocenters. The first-order chi connectivity index (χ1) is 29.1. The molecule has 0 fully saturated rings. The molecule has 9 rings (SSSR count). The molecule has 9 aromatic rings. The first-order valence-electron chi connectivity index (χ1n) is 21.5. The average molecular weight is 1010 g/mol. The van der Waals surface area contributed by atoms with Crippen molar-refractivity contribution in [2.24, 2.45) is 0 Å². The van der Waals surface area contributed by atoms with E-state index >= 15 is 0 Å². The molecule has 5 aromatic carbocycles. The van der Waals surface area contributed by atoms with E-state index in [1.165, 1.54) is 38.7 Å². The zero-order chi connectivity index (χ0) is 43.2. The van der Waals surface area contributed by atoms with Gasteiger partial charge in [-0.1, -0.05) is 139 Å². The van der Waals surface area contributed by atoms with Gasteiger partial charge in [0, 0.05) is 48.5 Å². The Morgan fingerprint density at radius 2 is 1.37 bits per heavy atom. The molecule has 0 bridgehead atoms. The molecular formula is C55H56IrN4OSi-2. The van der Waals surface area contributed by atoms with E-state index in [1.54, 1.807) is 0 Å². The van der Waals surface area contributed by atoms with Gasteiger partial charge >= 0.3 is 0 Å². The number of rotatable bonds is 7. The molecule has 5 nitrogen and oxygen atoms in total. The summed E-state index contributed by atoms with van der Waals surface area (Å²) in [7, 11) is -1.27. The standard InChI is InChI=1S/C40H38N3O.C15H18NSi.Ir/c1-24(2)31-20-27(26-14-9-8-10-15-26)21-32(25(3)4)37(31)43-34-23-41-36(40(5,6)7)22-33(34)42-39(43)30-18-13-17-29-28-16-11-12-19-35(28)44-38(29)30;1-12-10-14(13-8-6-5-7-9-13)16-11-15(12)17(2,3)4;/h8-17,19-25H,1-7H3;5-8,10-11H,1-4H3;/q2*-1;. The molecular weight excluding hydrogens is 953 g/mol. The van der Waals surface area contributed by atoms with Crippen LogP contribution < -0.4 is 5.19 Å². The van der Waals surface area contributed by atoms with Crippen molar-refractivity contribution in [3.63, 3.8) is 0 Å². The topological polar surface area (TPSA) is 56.7 Å². The van der Waals surface area contributed by atoms with Crippen LogP contribution in [0.3, 0.4) is 0 Å². The third-order valence-electron chi connectivity index (χ3n) is 11.5. The van der Waals surface area contributed by atoms with Crippen LogP contribution in [0.4, 0.5) is 0 Å². The van der Waals surface area contributed by atoms with Gasteiger partial charge in [-0.2, -0.15) is 0 Å². The quantitative estimate of drug-likeness (QED) is 0.118. The summed E-state index contributed by atoms with van der Waals surface area (Å²) >= 11 is 0. The van der Waals surface area contributed by atoms with Gasteiger partial charge < -0.3 is 14.0 Å². The summed E-state index contributed by atoms with van der Waals surface area (Å²) in [6.07, 6.45) is 4.06. The predicted octanol–water partition coefficient (Wildman–Crippen LogP) is 14.4. The SMILES string of the molecule is CC(C)c1cc(-c2ccccc2)cc(C(C)C)c1-n1c(-c2[c-]ccc3c2oc2ccccc23)nc2cc(C(C)(C)C)ncc21.Cc1cc(-c2[c-]cccc2)ncc1[Si](C)(C)C.[Ir]. The molecule has 0 unspecified atom stereocenters. The molecule has 1 radical (unpaired) electrons. The summed E-state index contributed by atoms with van der Waals surface area (Å²) in [4.78, 5) is 14.9. The molecule has 4 heterocycles. The molecule has 4 aromatic heterocycles. The molecule has 0 aliphatic carbocycles. The second-order valence-electron chi connectivity index (χ2n) is 18.9. The number of benzene rings is 5. The van der Waals surface area contributed by atoms with Gasteiger partial charge in [0.15, 0.2) is 0 Å². The largest absolute Gasteiger partial charge is 0.501 e. The van der Waals surface area contributed by atoms with Crippen molar-refractivity contribution in [1.82, 2.24) is 19.5 Å². The minimum atomic E-state index is -1.27. The van der Waals surface area contributed by atoms with Crippen molar-refractivity contribution in [2.45, 2.75) is 92.3 Å². The first-order valence-corrected chi connectivity index (χ1v) is 25.0. The molecule has 62 heavy (non-hydrogen) atoms. The van der Waals surface area contributed by atoms with E-state index in [-0.39, 0.29) is 37.4 Å². The summed E-state index contributed by atoms with van der Waals surface area (Å²) in [5.74, 6) is 1.35. The Balaban J connectivity index is 0.000000270. The minimum Gasteiger partial charge on any atom is -0.501 e. The summed E-state index contributed by atoms with van der Waals surface area (Å²) in [5.41, 5.74) is 14.9. The van der Waals surface area contributed by atoms with E-state index in [2.05, 4.69) is 182 Å². The van der Waals surface area contributed by atoms with E-state index in [0.29, 0.717) is 0 Å². The smallest absolute Gasteiger partial charge is 0.120 e. The fraction of sp³-hybridized carbons (Fsp3) is 0.255. The minimum absolute atomic E-state index is 0. The van der Waals surface area contributed by atoms with E-state index in [0.717, 1.165) is 61.3 Å². The van der Waals surface area contributed by atoms with Crippen molar-refractivity contribution in [2.75, 3.05) is 0 Å². The summed E-state index contributed by atoms with van der Waals surface area (Å²) in [6, 6.07) is 46.8. The third kappa shape index (κ3) is 8.77. The maximum absolute atomic E-state index is 6.53. The zero-order valence-corrected chi connectivity index (χ0v) is 41.2. The number of imidazole rings is 1. The number of fused-ring (bicyclic) bond motifs is 4. The molecule has 0 amide bonds. The van der Waals surface area contributed by atoms with Crippen LogP contribution in [0.1, 0.15) is 82.7 Å². The van der Waals surface area contributed by atoms with Gasteiger partial charge in [-0.15, -0.1) is 54.1 Å². The number of hydrogen-bond donors (Lipinski definition) is 0. The van der Waals surface area contributed by atoms with Crippen molar-refractivity contribution in [3.8, 4) is 39.5 Å². The van der Waals surface area contributed by atoms with Crippen LogP contribution >= 0.6 is 0 Å². The Bertz CT molecular complexity index is 2980. The predicted molar refractivity (Wildman–Crippen MR) is 259 cm³/mol. The average Bonchev–Trinajstić information content (AvgIpc) is 3.81. The Hall–Kier alpha value is -5.46. The van der Waals surface area contributed by atoms with Gasteiger partial charge in [-0.05, 0) is 76.2 Å². The molecule has 0 N–H and O–H groups in total. The second kappa shape index (κ2) is 17.7. The van der Waals surface area contributed by atoms with E-state index in [4.69, 9.17) is 14.4 Å². The Labute approximate surface area is 382 Å². The fourth-order valence-corrected chi connectivity index (χ4v) is 10.0. The normalized spacial score (nSPS) is 12.0. The number of furan rings is 1. The molecule has 0 saturated heterocycles. The summed E-state index contributed by atoms with van der Waals surface area (Å²) in [6.45, 7) is 24.9. The van der Waals surface area contributed by atoms with Crippen LogP contribution in [0.25, 0.3) is 72.4 Å². The summed E-state index contributed by atoms with van der Waals surface area (Å²) in [5, 5.41) is 3.60. The third-order valence-corrected chi connectivity index (χ3v) is 13.7. The molecule has 0 spiro atoms. The number of aryl methyl sites for hydroxylation is 1. The summed E-state index contributed by atoms with van der Waals surface area (Å²) < 4.78 is 8.86. The van der Waals surface area contributed by atoms with Gasteiger partial charge in [0.25, 0.3) is 0 Å². The monoisotopic (exact) mass is 1010 g/mol. The van der Waals surface area contributed by atoms with Crippen molar-refractivity contribution >= 4 is 46.2 Å². The van der Waals surface area contributed by atoms with Gasteiger partial charge in [0.05, 0.1) is 36.7 Å². The molecule has 0 aliphatic heterocycles. The number of hydrogen-bond acceptors (Lipinski definition) is 4. The van der Waals surface area contributed by atoms with E-state index in [9.17, 15) is 0 Å². The van der Waals surface area contributed by atoms with Crippen LogP contribution in [0, 0.1) is 19.1 Å². The van der Waals surface area contributed by atoms with Gasteiger partial charge in [0.1, 0.15) is 5.58 Å². The van der Waals surface area contributed by atoms with Crippen LogP contribution in [0.5, 0.6) is 0 Å². The Morgan fingerprint density at radius 1 is 0.694 bits per heavy atom. The number of para-hydroxylation sites is 1. The van der Waals surface area contributed by atoms with Crippen LogP contribution in [-0.4, -0.2) is 27.6 Å².